The first kappa shape index (κ1) is 13.4. The number of hydrogen-bond acceptors (Lipinski definition) is 2. The van der Waals surface area contributed by atoms with E-state index in [1.165, 1.54) is 0 Å². The van der Waals surface area contributed by atoms with E-state index in [4.69, 9.17) is 5.11 Å². The number of urea groups is 1. The van der Waals surface area contributed by atoms with Crippen LogP contribution in [0.4, 0.5) is 4.79 Å². The summed E-state index contributed by atoms with van der Waals surface area (Å²) in [6, 6.07) is -0.257. The zero-order valence-electron chi connectivity index (χ0n) is 9.95. The summed E-state index contributed by atoms with van der Waals surface area (Å²) in [5.41, 5.74) is 0. The number of nitrogens with one attached hydrogen (secondary N) is 2. The van der Waals surface area contributed by atoms with Gasteiger partial charge < -0.3 is 15.7 Å². The Hall–Kier alpha value is -1.70. The first-order valence-corrected chi connectivity index (χ1v) is 5.80. The Morgan fingerprint density at radius 3 is 2.76 bits per heavy atom. The average Bonchev–Trinajstić information content (AvgIpc) is 2.73. The van der Waals surface area contributed by atoms with E-state index < -0.39 is 5.97 Å². The minimum atomic E-state index is -0.770. The molecule has 2 amide bonds. The van der Waals surface area contributed by atoms with Gasteiger partial charge in [-0.05, 0) is 26.2 Å². The average molecular weight is 238 g/mol. The van der Waals surface area contributed by atoms with Crippen molar-refractivity contribution in [2.75, 3.05) is 6.54 Å². The van der Waals surface area contributed by atoms with Crippen molar-refractivity contribution in [2.24, 2.45) is 5.92 Å². The van der Waals surface area contributed by atoms with Gasteiger partial charge in [-0.3, -0.25) is 4.79 Å². The van der Waals surface area contributed by atoms with E-state index in [-0.39, 0.29) is 18.0 Å². The van der Waals surface area contributed by atoms with Crippen LogP contribution in [0.15, 0.2) is 0 Å². The third-order valence-electron chi connectivity index (χ3n) is 2.83. The van der Waals surface area contributed by atoms with Gasteiger partial charge in [0.2, 0.25) is 0 Å². The van der Waals surface area contributed by atoms with Crippen molar-refractivity contribution < 1.29 is 14.7 Å². The van der Waals surface area contributed by atoms with E-state index in [9.17, 15) is 9.59 Å². The molecule has 3 N–H and O–H groups in total. The largest absolute Gasteiger partial charge is 0.481 e. The van der Waals surface area contributed by atoms with Gasteiger partial charge in [-0.2, -0.15) is 0 Å². The first-order chi connectivity index (χ1) is 8.13. The number of rotatable bonds is 4. The van der Waals surface area contributed by atoms with Crippen molar-refractivity contribution >= 4 is 12.0 Å². The Bertz CT molecular complexity index is 343. The van der Waals surface area contributed by atoms with Crippen molar-refractivity contribution in [2.45, 2.75) is 38.6 Å². The molecular formula is C12H18N2O3. The molecule has 0 spiro atoms. The maximum Gasteiger partial charge on any atom is 0.315 e. The molecule has 1 aliphatic carbocycles. The van der Waals surface area contributed by atoms with E-state index in [2.05, 4.69) is 22.5 Å². The van der Waals surface area contributed by atoms with Crippen LogP contribution < -0.4 is 10.6 Å². The van der Waals surface area contributed by atoms with Gasteiger partial charge in [-0.25, -0.2) is 4.79 Å². The Morgan fingerprint density at radius 1 is 1.41 bits per heavy atom. The fraction of sp³-hybridized carbons (Fsp3) is 0.667. The third kappa shape index (κ3) is 4.77. The van der Waals surface area contributed by atoms with E-state index in [1.807, 2.05) is 0 Å². The van der Waals surface area contributed by atoms with Crippen LogP contribution in [-0.2, 0) is 4.79 Å². The van der Waals surface area contributed by atoms with Crippen LogP contribution in [0.1, 0.15) is 32.6 Å². The summed E-state index contributed by atoms with van der Waals surface area (Å²) in [6.45, 7) is 2.27. The molecule has 0 aromatic carbocycles. The smallest absolute Gasteiger partial charge is 0.315 e. The van der Waals surface area contributed by atoms with Crippen molar-refractivity contribution in [3.05, 3.63) is 0 Å². The van der Waals surface area contributed by atoms with Crippen molar-refractivity contribution in [1.29, 1.82) is 0 Å². The SMILES string of the molecule is CC#CCCNC(=O)NC1CCC(C(=O)O)C1. The van der Waals surface area contributed by atoms with Gasteiger partial charge in [0.25, 0.3) is 0 Å². The summed E-state index contributed by atoms with van der Waals surface area (Å²) in [5, 5.41) is 14.3. The van der Waals surface area contributed by atoms with Crippen molar-refractivity contribution in [3.8, 4) is 11.8 Å². The summed E-state index contributed by atoms with van der Waals surface area (Å²) in [6.07, 6.45) is 2.53. The number of amides is 2. The lowest BCUT2D eigenvalue weighted by atomic mass is 10.1. The predicted octanol–water partition coefficient (Wildman–Crippen LogP) is 0.952. The highest BCUT2D eigenvalue weighted by atomic mass is 16.4. The molecular weight excluding hydrogens is 220 g/mol. The predicted molar refractivity (Wildman–Crippen MR) is 63.4 cm³/mol. The topological polar surface area (TPSA) is 78.4 Å². The van der Waals surface area contributed by atoms with Crippen molar-refractivity contribution in [3.63, 3.8) is 0 Å². The number of aliphatic carboxylic acids is 1. The van der Waals surface area contributed by atoms with Crippen LogP contribution >= 0.6 is 0 Å². The quantitative estimate of drug-likeness (QED) is 0.504. The Morgan fingerprint density at radius 2 is 2.18 bits per heavy atom. The number of hydrogen-bond donors (Lipinski definition) is 3. The molecule has 0 bridgehead atoms. The lowest BCUT2D eigenvalue weighted by Crippen LogP contribution is -2.41. The van der Waals surface area contributed by atoms with Crippen LogP contribution in [0.2, 0.25) is 0 Å². The molecule has 94 valence electrons. The van der Waals surface area contributed by atoms with Gasteiger partial charge in [0.05, 0.1) is 5.92 Å². The molecule has 0 aromatic rings. The highest BCUT2D eigenvalue weighted by Gasteiger charge is 2.30. The molecule has 5 nitrogen and oxygen atoms in total. The minimum absolute atomic E-state index is 0.0200. The van der Waals surface area contributed by atoms with Crippen LogP contribution in [-0.4, -0.2) is 29.7 Å². The number of carboxylic acids is 1. The molecule has 1 rings (SSSR count). The lowest BCUT2D eigenvalue weighted by Gasteiger charge is -2.12. The van der Waals surface area contributed by atoms with Gasteiger partial charge in [-0.1, -0.05) is 0 Å². The maximum atomic E-state index is 11.4. The molecule has 1 aliphatic rings. The zero-order chi connectivity index (χ0) is 12.7. The summed E-state index contributed by atoms with van der Waals surface area (Å²) in [5.74, 6) is 4.51. The number of carboxylic acid groups (broad SMARTS) is 1. The molecule has 0 radical (unpaired) electrons. The van der Waals surface area contributed by atoms with Crippen molar-refractivity contribution in [1.82, 2.24) is 10.6 Å². The molecule has 0 aromatic heterocycles. The van der Waals surface area contributed by atoms with Crippen LogP contribution in [0.3, 0.4) is 0 Å². The standard InChI is InChI=1S/C12H18N2O3/c1-2-3-4-7-13-12(17)14-10-6-5-9(8-10)11(15)16/h9-10H,4-8H2,1H3,(H,15,16)(H2,13,14,17). The molecule has 0 aliphatic heterocycles. The number of carbonyl (C=O) groups is 2. The Balaban J connectivity index is 2.18. The first-order valence-electron chi connectivity index (χ1n) is 5.80. The Kier molecular flexibility index (Phi) is 5.34. The molecule has 1 fully saturated rings. The van der Waals surface area contributed by atoms with Crippen LogP contribution in [0.25, 0.3) is 0 Å². The Labute approximate surface area is 101 Å². The molecule has 0 saturated heterocycles. The minimum Gasteiger partial charge on any atom is -0.481 e. The third-order valence-corrected chi connectivity index (χ3v) is 2.83. The van der Waals surface area contributed by atoms with Gasteiger partial charge in [0, 0.05) is 19.0 Å². The summed E-state index contributed by atoms with van der Waals surface area (Å²) >= 11 is 0. The molecule has 1 saturated carbocycles. The van der Waals surface area contributed by atoms with E-state index in [0.717, 1.165) is 6.42 Å². The summed E-state index contributed by atoms with van der Waals surface area (Å²) in [7, 11) is 0. The van der Waals surface area contributed by atoms with Gasteiger partial charge >= 0.3 is 12.0 Å². The van der Waals surface area contributed by atoms with Gasteiger partial charge in [0.15, 0.2) is 0 Å². The van der Waals surface area contributed by atoms with E-state index >= 15 is 0 Å². The molecule has 17 heavy (non-hydrogen) atoms. The van der Waals surface area contributed by atoms with Crippen LogP contribution in [0, 0.1) is 17.8 Å². The second-order valence-electron chi connectivity index (χ2n) is 4.12. The molecule has 2 unspecified atom stereocenters. The van der Waals surface area contributed by atoms with E-state index in [0.29, 0.717) is 25.8 Å². The fourth-order valence-electron chi connectivity index (χ4n) is 1.94. The second-order valence-corrected chi connectivity index (χ2v) is 4.12. The van der Waals surface area contributed by atoms with E-state index in [1.54, 1.807) is 6.92 Å². The van der Waals surface area contributed by atoms with Crippen LogP contribution in [0.5, 0.6) is 0 Å². The second kappa shape index (κ2) is 6.79. The fourth-order valence-corrected chi connectivity index (χ4v) is 1.94. The zero-order valence-corrected chi connectivity index (χ0v) is 9.95. The van der Waals surface area contributed by atoms with Gasteiger partial charge in [-0.15, -0.1) is 11.8 Å². The highest BCUT2D eigenvalue weighted by molar-refractivity contribution is 5.75. The highest BCUT2D eigenvalue weighted by Crippen LogP contribution is 2.25. The molecule has 0 heterocycles. The van der Waals surface area contributed by atoms with Gasteiger partial charge in [0.1, 0.15) is 0 Å². The normalized spacial score (nSPS) is 22.4. The maximum absolute atomic E-state index is 11.4. The summed E-state index contributed by atoms with van der Waals surface area (Å²) in [4.78, 5) is 22.2. The molecule has 2 atom stereocenters. The monoisotopic (exact) mass is 238 g/mol. The summed E-state index contributed by atoms with van der Waals surface area (Å²) < 4.78 is 0. The number of carbonyl (C=O) groups excluding carboxylic acids is 1. The molecule has 5 heteroatoms. The lowest BCUT2D eigenvalue weighted by molar-refractivity contribution is -0.141.